The van der Waals surface area contributed by atoms with Gasteiger partial charge >= 0.3 is 5.97 Å². The molecular weight excluding hydrogens is 286 g/mol. The summed E-state index contributed by atoms with van der Waals surface area (Å²) in [6.07, 6.45) is 1.27. The van der Waals surface area contributed by atoms with Crippen LogP contribution in [0, 0.1) is 0 Å². The molecule has 0 fully saturated rings. The van der Waals surface area contributed by atoms with Crippen molar-refractivity contribution in [1.29, 1.82) is 0 Å². The van der Waals surface area contributed by atoms with Crippen molar-refractivity contribution < 1.29 is 24.9 Å². The van der Waals surface area contributed by atoms with Gasteiger partial charge in [-0.3, -0.25) is 0 Å². The molecular formula is C16H11NO5. The zero-order valence-electron chi connectivity index (χ0n) is 11.2. The van der Waals surface area contributed by atoms with Crippen molar-refractivity contribution in [2.24, 2.45) is 4.99 Å². The third kappa shape index (κ3) is 2.37. The fraction of sp³-hybridized carbons (Fsp3) is 0. The average molecular weight is 297 g/mol. The Morgan fingerprint density at radius 3 is 2.41 bits per heavy atom. The van der Waals surface area contributed by atoms with Crippen molar-refractivity contribution >= 4 is 17.9 Å². The maximum Gasteiger partial charge on any atom is 0.363 e. The Hall–Kier alpha value is -3.28. The van der Waals surface area contributed by atoms with E-state index < -0.39 is 23.2 Å². The molecule has 0 amide bonds. The van der Waals surface area contributed by atoms with Crippen molar-refractivity contribution in [3.63, 3.8) is 0 Å². The zero-order chi connectivity index (χ0) is 15.7. The van der Waals surface area contributed by atoms with Gasteiger partial charge in [-0.15, -0.1) is 0 Å². The van der Waals surface area contributed by atoms with E-state index in [1.165, 1.54) is 18.2 Å². The van der Waals surface area contributed by atoms with Crippen LogP contribution in [-0.4, -0.2) is 27.2 Å². The van der Waals surface area contributed by atoms with Crippen LogP contribution in [0.4, 0.5) is 0 Å². The van der Waals surface area contributed by atoms with Gasteiger partial charge in [0.05, 0.1) is 0 Å². The Bertz CT molecular complexity index is 809. The van der Waals surface area contributed by atoms with Crippen LogP contribution in [0.2, 0.25) is 0 Å². The second-order valence-electron chi connectivity index (χ2n) is 4.57. The number of carbonyl (C=O) groups excluding carboxylic acids is 1. The van der Waals surface area contributed by atoms with Crippen molar-refractivity contribution in [1.82, 2.24) is 0 Å². The van der Waals surface area contributed by atoms with Crippen LogP contribution in [0.3, 0.4) is 0 Å². The summed E-state index contributed by atoms with van der Waals surface area (Å²) in [6, 6.07) is 11.4. The number of ether oxygens (including phenoxy) is 1. The second-order valence-corrected chi connectivity index (χ2v) is 4.57. The number of nitrogens with zero attached hydrogens (tertiary/aromatic N) is 1. The molecule has 3 rings (SSSR count). The first-order chi connectivity index (χ1) is 10.6. The van der Waals surface area contributed by atoms with E-state index in [0.717, 1.165) is 0 Å². The predicted octanol–water partition coefficient (Wildman–Crippen LogP) is 2.15. The van der Waals surface area contributed by atoms with Crippen LogP contribution in [0.15, 0.2) is 53.2 Å². The number of hydrogen-bond acceptors (Lipinski definition) is 6. The second kappa shape index (κ2) is 5.25. The van der Waals surface area contributed by atoms with Gasteiger partial charge in [0.2, 0.25) is 11.6 Å². The number of phenols is 3. The maximum absolute atomic E-state index is 11.8. The summed E-state index contributed by atoms with van der Waals surface area (Å²) in [6.45, 7) is 0. The quantitative estimate of drug-likeness (QED) is 0.448. The number of esters is 1. The minimum Gasteiger partial charge on any atom is -0.504 e. The van der Waals surface area contributed by atoms with Crippen LogP contribution in [-0.2, 0) is 9.53 Å². The van der Waals surface area contributed by atoms with Crippen LogP contribution >= 0.6 is 0 Å². The first-order valence-electron chi connectivity index (χ1n) is 6.38. The van der Waals surface area contributed by atoms with Gasteiger partial charge in [-0.05, 0) is 30.3 Å². The van der Waals surface area contributed by atoms with Gasteiger partial charge in [0.1, 0.15) is 0 Å². The molecule has 0 unspecified atom stereocenters. The standard InChI is InChI=1S/C16H11NO5/c18-12-7-6-10(13(19)14(12)20)8-11-16(21)22-15(17-11)9-4-2-1-3-5-9/h1-8,18-20H/b11-8+. The summed E-state index contributed by atoms with van der Waals surface area (Å²) >= 11 is 0. The molecule has 0 radical (unpaired) electrons. The molecule has 2 aromatic carbocycles. The Morgan fingerprint density at radius 2 is 1.68 bits per heavy atom. The van der Waals surface area contributed by atoms with Crippen LogP contribution in [0.25, 0.3) is 6.08 Å². The van der Waals surface area contributed by atoms with Crippen LogP contribution in [0.5, 0.6) is 17.2 Å². The number of aromatic hydroxyl groups is 3. The fourth-order valence-electron chi connectivity index (χ4n) is 1.96. The van der Waals surface area contributed by atoms with E-state index in [1.54, 1.807) is 24.3 Å². The highest BCUT2D eigenvalue weighted by Gasteiger charge is 2.24. The van der Waals surface area contributed by atoms with Crippen molar-refractivity contribution in [3.8, 4) is 17.2 Å². The monoisotopic (exact) mass is 297 g/mol. The van der Waals surface area contributed by atoms with Crippen LogP contribution < -0.4 is 0 Å². The molecule has 110 valence electrons. The van der Waals surface area contributed by atoms with E-state index in [4.69, 9.17) is 4.74 Å². The smallest absolute Gasteiger partial charge is 0.363 e. The average Bonchev–Trinajstić information content (AvgIpc) is 2.90. The number of cyclic esters (lactones) is 1. The molecule has 0 saturated heterocycles. The van der Waals surface area contributed by atoms with Crippen molar-refractivity contribution in [2.75, 3.05) is 0 Å². The fourth-order valence-corrected chi connectivity index (χ4v) is 1.96. The summed E-state index contributed by atoms with van der Waals surface area (Å²) in [5.41, 5.74) is 0.775. The lowest BCUT2D eigenvalue weighted by atomic mass is 10.1. The van der Waals surface area contributed by atoms with Gasteiger partial charge in [-0.1, -0.05) is 18.2 Å². The lowest BCUT2D eigenvalue weighted by Gasteiger charge is -2.03. The summed E-state index contributed by atoms with van der Waals surface area (Å²) in [7, 11) is 0. The molecule has 0 atom stereocenters. The summed E-state index contributed by atoms with van der Waals surface area (Å²) in [4.78, 5) is 15.9. The van der Waals surface area contributed by atoms with E-state index in [9.17, 15) is 20.1 Å². The molecule has 0 aliphatic carbocycles. The first-order valence-corrected chi connectivity index (χ1v) is 6.38. The molecule has 1 aliphatic heterocycles. The largest absolute Gasteiger partial charge is 0.504 e. The van der Waals surface area contributed by atoms with Gasteiger partial charge in [0.25, 0.3) is 0 Å². The van der Waals surface area contributed by atoms with Gasteiger partial charge in [-0.25, -0.2) is 9.79 Å². The van der Waals surface area contributed by atoms with E-state index >= 15 is 0 Å². The Labute approximate surface area is 125 Å². The predicted molar refractivity (Wildman–Crippen MR) is 78.5 cm³/mol. The molecule has 0 saturated carbocycles. The number of aliphatic imine (C=N–C) groups is 1. The Morgan fingerprint density at radius 1 is 0.955 bits per heavy atom. The minimum atomic E-state index is -0.661. The van der Waals surface area contributed by atoms with Crippen molar-refractivity contribution in [3.05, 3.63) is 59.3 Å². The van der Waals surface area contributed by atoms with Gasteiger partial charge in [-0.2, -0.15) is 0 Å². The summed E-state index contributed by atoms with van der Waals surface area (Å²) in [5.74, 6) is -2.15. The summed E-state index contributed by atoms with van der Waals surface area (Å²) < 4.78 is 5.08. The van der Waals surface area contributed by atoms with Crippen molar-refractivity contribution in [2.45, 2.75) is 0 Å². The number of benzene rings is 2. The number of carbonyl (C=O) groups is 1. The SMILES string of the molecule is O=C1OC(c2ccccc2)=N/C1=C/c1ccc(O)c(O)c1O. The third-order valence-electron chi connectivity index (χ3n) is 3.09. The normalized spacial score (nSPS) is 15.7. The highest BCUT2D eigenvalue weighted by atomic mass is 16.6. The van der Waals surface area contributed by atoms with Gasteiger partial charge in [0.15, 0.2) is 17.2 Å². The lowest BCUT2D eigenvalue weighted by Crippen LogP contribution is -2.04. The first kappa shape index (κ1) is 13.7. The zero-order valence-corrected chi connectivity index (χ0v) is 11.2. The highest BCUT2D eigenvalue weighted by molar-refractivity contribution is 6.12. The number of phenolic OH excluding ortho intramolecular Hbond substituents is 3. The highest BCUT2D eigenvalue weighted by Crippen LogP contribution is 2.38. The topological polar surface area (TPSA) is 99.4 Å². The van der Waals surface area contributed by atoms with Gasteiger partial charge < -0.3 is 20.1 Å². The molecule has 0 aromatic heterocycles. The lowest BCUT2D eigenvalue weighted by molar-refractivity contribution is -0.129. The van der Waals surface area contributed by atoms with Gasteiger partial charge in [0, 0.05) is 11.1 Å². The minimum absolute atomic E-state index is 0.0146. The van der Waals surface area contributed by atoms with Crippen LogP contribution in [0.1, 0.15) is 11.1 Å². The molecule has 6 heteroatoms. The third-order valence-corrected chi connectivity index (χ3v) is 3.09. The Balaban J connectivity index is 2.00. The molecule has 1 aliphatic rings. The van der Waals surface area contributed by atoms with E-state index in [2.05, 4.69) is 4.99 Å². The molecule has 0 spiro atoms. The number of hydrogen-bond donors (Lipinski definition) is 3. The molecule has 22 heavy (non-hydrogen) atoms. The molecule has 1 heterocycles. The van der Waals surface area contributed by atoms with E-state index in [-0.39, 0.29) is 17.2 Å². The number of rotatable bonds is 2. The molecule has 2 aromatic rings. The molecule has 3 N–H and O–H groups in total. The van der Waals surface area contributed by atoms with E-state index in [0.29, 0.717) is 5.56 Å². The molecule has 0 bridgehead atoms. The Kier molecular flexibility index (Phi) is 3.27. The summed E-state index contributed by atoms with van der Waals surface area (Å²) in [5, 5.41) is 28.5. The van der Waals surface area contributed by atoms with E-state index in [1.807, 2.05) is 6.07 Å². The maximum atomic E-state index is 11.8. The molecule has 6 nitrogen and oxygen atoms in total.